The lowest BCUT2D eigenvalue weighted by Crippen LogP contribution is -2.30. The number of ether oxygens (including phenoxy) is 2. The maximum atomic E-state index is 6.58. The van der Waals surface area contributed by atoms with E-state index in [4.69, 9.17) is 15.2 Å². The fraction of sp³-hybridized carbons (Fsp3) is 0.625. The minimum atomic E-state index is 0.0395. The zero-order chi connectivity index (χ0) is 14.3. The number of hydrogen-bond acceptors (Lipinski definition) is 3. The van der Waals surface area contributed by atoms with E-state index in [1.165, 1.54) is 19.3 Å². The molecule has 0 saturated heterocycles. The van der Waals surface area contributed by atoms with E-state index in [1.54, 1.807) is 0 Å². The van der Waals surface area contributed by atoms with Gasteiger partial charge in [0.15, 0.2) is 11.5 Å². The molecule has 0 spiro atoms. The number of rotatable bonds is 2. The standard InChI is InChI=1S/C16H22BrNO2/c1-16(2)5-3-4-11(16)15(18)10-8-13-14(9-12(10)17)20-7-6-19-13/h8-9,11,15H,3-7,18H2,1-2H3. The highest BCUT2D eigenvalue weighted by Gasteiger charge is 2.39. The smallest absolute Gasteiger partial charge is 0.162 e. The normalized spacial score (nSPS) is 25.5. The molecule has 20 heavy (non-hydrogen) atoms. The third-order valence-corrected chi connectivity index (χ3v) is 5.48. The van der Waals surface area contributed by atoms with Gasteiger partial charge in [-0.05, 0) is 41.9 Å². The van der Waals surface area contributed by atoms with Gasteiger partial charge in [-0.3, -0.25) is 0 Å². The van der Waals surface area contributed by atoms with Crippen LogP contribution in [0, 0.1) is 11.3 Å². The fourth-order valence-corrected chi connectivity index (χ4v) is 4.16. The first kappa shape index (κ1) is 14.2. The largest absolute Gasteiger partial charge is 0.486 e. The molecule has 110 valence electrons. The van der Waals surface area contributed by atoms with Crippen molar-refractivity contribution in [1.29, 1.82) is 0 Å². The van der Waals surface area contributed by atoms with E-state index in [0.717, 1.165) is 21.5 Å². The molecular weight excluding hydrogens is 318 g/mol. The Labute approximate surface area is 129 Å². The van der Waals surface area contributed by atoms with Crippen LogP contribution in [0.1, 0.15) is 44.7 Å². The van der Waals surface area contributed by atoms with Crippen LogP contribution in [0.2, 0.25) is 0 Å². The van der Waals surface area contributed by atoms with Gasteiger partial charge in [0.2, 0.25) is 0 Å². The molecule has 0 aromatic heterocycles. The van der Waals surface area contributed by atoms with E-state index < -0.39 is 0 Å². The van der Waals surface area contributed by atoms with Crippen LogP contribution in [0.4, 0.5) is 0 Å². The Morgan fingerprint density at radius 2 is 1.90 bits per heavy atom. The van der Waals surface area contributed by atoms with E-state index in [1.807, 2.05) is 6.07 Å². The summed E-state index contributed by atoms with van der Waals surface area (Å²) in [5.41, 5.74) is 8.03. The average Bonchev–Trinajstić information content (AvgIpc) is 2.77. The van der Waals surface area contributed by atoms with E-state index in [-0.39, 0.29) is 6.04 Å². The quantitative estimate of drug-likeness (QED) is 0.883. The topological polar surface area (TPSA) is 44.5 Å². The highest BCUT2D eigenvalue weighted by molar-refractivity contribution is 9.10. The van der Waals surface area contributed by atoms with Gasteiger partial charge in [-0.15, -0.1) is 0 Å². The van der Waals surface area contributed by atoms with Crippen LogP contribution < -0.4 is 15.2 Å². The number of halogens is 1. The molecule has 2 atom stereocenters. The monoisotopic (exact) mass is 339 g/mol. The van der Waals surface area contributed by atoms with Crippen molar-refractivity contribution in [2.24, 2.45) is 17.1 Å². The Bertz CT molecular complexity index is 515. The second kappa shape index (κ2) is 5.23. The first-order chi connectivity index (χ1) is 9.49. The Hall–Kier alpha value is -0.740. The molecule has 1 fully saturated rings. The second-order valence-electron chi connectivity index (χ2n) is 6.53. The third kappa shape index (κ3) is 2.44. The molecule has 2 unspecified atom stereocenters. The summed E-state index contributed by atoms with van der Waals surface area (Å²) < 4.78 is 12.3. The lowest BCUT2D eigenvalue weighted by atomic mass is 9.76. The van der Waals surface area contributed by atoms with Gasteiger partial charge in [0.25, 0.3) is 0 Å². The SMILES string of the molecule is CC1(C)CCCC1C(N)c1cc2c(cc1Br)OCCO2. The van der Waals surface area contributed by atoms with E-state index in [2.05, 4.69) is 35.8 Å². The van der Waals surface area contributed by atoms with Gasteiger partial charge in [-0.25, -0.2) is 0 Å². The minimum Gasteiger partial charge on any atom is -0.486 e. The number of benzene rings is 1. The molecule has 1 aromatic rings. The predicted octanol–water partition coefficient (Wildman–Crippen LogP) is 4.05. The summed E-state index contributed by atoms with van der Waals surface area (Å²) in [5.74, 6) is 2.15. The summed E-state index contributed by atoms with van der Waals surface area (Å²) in [5, 5.41) is 0. The zero-order valence-electron chi connectivity index (χ0n) is 12.1. The van der Waals surface area contributed by atoms with Crippen molar-refractivity contribution in [3.8, 4) is 11.5 Å². The first-order valence-corrected chi connectivity index (χ1v) is 8.13. The molecule has 3 rings (SSSR count). The van der Waals surface area contributed by atoms with Crippen molar-refractivity contribution in [3.05, 3.63) is 22.2 Å². The van der Waals surface area contributed by atoms with Crippen molar-refractivity contribution >= 4 is 15.9 Å². The predicted molar refractivity (Wildman–Crippen MR) is 83.2 cm³/mol. The van der Waals surface area contributed by atoms with Gasteiger partial charge in [0, 0.05) is 10.5 Å². The van der Waals surface area contributed by atoms with E-state index in [0.29, 0.717) is 24.5 Å². The molecule has 1 aliphatic heterocycles. The van der Waals surface area contributed by atoms with Crippen molar-refractivity contribution < 1.29 is 9.47 Å². The van der Waals surface area contributed by atoms with Gasteiger partial charge in [0.05, 0.1) is 0 Å². The van der Waals surface area contributed by atoms with Crippen LogP contribution in [-0.2, 0) is 0 Å². The molecule has 1 aromatic carbocycles. The van der Waals surface area contributed by atoms with Gasteiger partial charge in [-0.1, -0.05) is 36.2 Å². The average molecular weight is 340 g/mol. The number of nitrogens with two attached hydrogens (primary N) is 1. The van der Waals surface area contributed by atoms with Gasteiger partial charge < -0.3 is 15.2 Å². The number of fused-ring (bicyclic) bond motifs is 1. The Morgan fingerprint density at radius 3 is 2.50 bits per heavy atom. The molecule has 1 heterocycles. The van der Waals surface area contributed by atoms with Crippen molar-refractivity contribution in [2.75, 3.05) is 13.2 Å². The summed E-state index contributed by atoms with van der Waals surface area (Å²) in [6, 6.07) is 4.08. The van der Waals surface area contributed by atoms with Crippen LogP contribution in [0.3, 0.4) is 0 Å². The van der Waals surface area contributed by atoms with Crippen molar-refractivity contribution in [2.45, 2.75) is 39.2 Å². The van der Waals surface area contributed by atoms with E-state index >= 15 is 0 Å². The Kier molecular flexibility index (Phi) is 3.71. The summed E-state index contributed by atoms with van der Waals surface area (Å²) in [6.07, 6.45) is 3.73. The Balaban J connectivity index is 1.93. The summed E-state index contributed by atoms with van der Waals surface area (Å²) in [4.78, 5) is 0. The molecule has 0 radical (unpaired) electrons. The van der Waals surface area contributed by atoms with Crippen LogP contribution in [0.25, 0.3) is 0 Å². The molecule has 2 aliphatic rings. The lowest BCUT2D eigenvalue weighted by Gasteiger charge is -2.33. The van der Waals surface area contributed by atoms with E-state index in [9.17, 15) is 0 Å². The van der Waals surface area contributed by atoms with Crippen LogP contribution in [-0.4, -0.2) is 13.2 Å². The fourth-order valence-electron chi connectivity index (χ4n) is 3.57. The summed E-state index contributed by atoms with van der Waals surface area (Å²) in [7, 11) is 0. The van der Waals surface area contributed by atoms with Gasteiger partial charge in [-0.2, -0.15) is 0 Å². The van der Waals surface area contributed by atoms with Crippen LogP contribution >= 0.6 is 15.9 Å². The van der Waals surface area contributed by atoms with Crippen molar-refractivity contribution in [1.82, 2.24) is 0 Å². The highest BCUT2D eigenvalue weighted by atomic mass is 79.9. The molecule has 0 bridgehead atoms. The third-order valence-electron chi connectivity index (χ3n) is 4.79. The zero-order valence-corrected chi connectivity index (χ0v) is 13.7. The maximum Gasteiger partial charge on any atom is 0.162 e. The molecular formula is C16H22BrNO2. The molecule has 0 amide bonds. The maximum absolute atomic E-state index is 6.58. The lowest BCUT2D eigenvalue weighted by molar-refractivity contribution is 0.170. The molecule has 1 aliphatic carbocycles. The minimum absolute atomic E-state index is 0.0395. The van der Waals surface area contributed by atoms with Crippen molar-refractivity contribution in [3.63, 3.8) is 0 Å². The molecule has 2 N–H and O–H groups in total. The van der Waals surface area contributed by atoms with Gasteiger partial charge in [0.1, 0.15) is 13.2 Å². The summed E-state index contributed by atoms with van der Waals surface area (Å²) >= 11 is 3.65. The first-order valence-electron chi connectivity index (χ1n) is 7.34. The van der Waals surface area contributed by atoms with Crippen LogP contribution in [0.15, 0.2) is 16.6 Å². The Morgan fingerprint density at radius 1 is 1.25 bits per heavy atom. The van der Waals surface area contributed by atoms with Crippen LogP contribution in [0.5, 0.6) is 11.5 Å². The molecule has 3 nitrogen and oxygen atoms in total. The highest BCUT2D eigenvalue weighted by Crippen LogP contribution is 2.49. The summed E-state index contributed by atoms with van der Waals surface area (Å²) in [6.45, 7) is 5.88. The molecule has 1 saturated carbocycles. The van der Waals surface area contributed by atoms with Gasteiger partial charge >= 0.3 is 0 Å². The second-order valence-corrected chi connectivity index (χ2v) is 7.38. The number of hydrogen-bond donors (Lipinski definition) is 1. The molecule has 4 heteroatoms.